The normalized spacial score (nSPS) is 31.2. The summed E-state index contributed by atoms with van der Waals surface area (Å²) < 4.78 is 0. The van der Waals surface area contributed by atoms with Crippen LogP contribution < -0.4 is 0 Å². The first-order chi connectivity index (χ1) is 6.51. The molecule has 1 heterocycles. The minimum absolute atomic E-state index is 0. The van der Waals surface area contributed by atoms with Gasteiger partial charge in [-0.05, 0) is 32.2 Å². The Morgan fingerprint density at radius 2 is 0.941 bits per heavy atom. The van der Waals surface area contributed by atoms with Gasteiger partial charge < -0.3 is 0 Å². The number of likely N-dealkylation sites (tertiary alicyclic amines) is 1. The fourth-order valence-electron chi connectivity index (χ4n) is 2.43. The molecule has 0 N–H and O–H groups in total. The van der Waals surface area contributed by atoms with Crippen molar-refractivity contribution in [3.63, 3.8) is 0 Å². The van der Waals surface area contributed by atoms with Crippen LogP contribution in [0.3, 0.4) is 0 Å². The lowest BCUT2D eigenvalue weighted by atomic mass is 9.92. The molecule has 17 heavy (non-hydrogen) atoms. The third-order valence-electron chi connectivity index (χ3n) is 3.76. The maximum Gasteiger partial charge on any atom is 0.00984 e. The zero-order chi connectivity index (χ0) is 11.3. The first kappa shape index (κ1) is 25.7. The van der Waals surface area contributed by atoms with E-state index in [4.69, 9.17) is 0 Å². The predicted octanol–water partition coefficient (Wildman–Crippen LogP) is 5.70. The summed E-state index contributed by atoms with van der Waals surface area (Å²) in [6.45, 7) is 17.2. The Morgan fingerprint density at radius 3 is 1.06 bits per heavy atom. The zero-order valence-electron chi connectivity index (χ0n) is 11.2. The average molecular weight is 248 g/mol. The van der Waals surface area contributed by atoms with Crippen LogP contribution in [-0.2, 0) is 0 Å². The van der Waals surface area contributed by atoms with Crippen LogP contribution in [0.1, 0.15) is 77.2 Å². The lowest BCUT2D eigenvalue weighted by Gasteiger charge is -2.25. The third-order valence-corrected chi connectivity index (χ3v) is 3.76. The molecule has 0 aliphatic carbocycles. The van der Waals surface area contributed by atoms with Gasteiger partial charge in [0, 0.05) is 12.1 Å². The van der Waals surface area contributed by atoms with E-state index in [1.165, 1.54) is 13.0 Å². The van der Waals surface area contributed by atoms with Crippen molar-refractivity contribution in [1.82, 2.24) is 4.90 Å². The third kappa shape index (κ3) is 6.45. The minimum Gasteiger partial charge on any atom is -0.298 e. The molecule has 0 radical (unpaired) electrons. The molecule has 1 rings (SSSR count). The number of rotatable bonds is 1. The monoisotopic (exact) mass is 247 g/mol. The highest BCUT2D eigenvalue weighted by atomic mass is 15.2. The first-order valence-corrected chi connectivity index (χ1v) is 6.26. The summed E-state index contributed by atoms with van der Waals surface area (Å²) in [6.07, 6.45) is 1.25. The SMILES string of the molecule is C.C.C.CCC.CCN1[C@H](C)[C@H](C)[C@H](C)[C@@H]1C. The molecule has 1 saturated heterocycles. The molecule has 0 saturated carbocycles. The molecule has 110 valence electrons. The highest BCUT2D eigenvalue weighted by Gasteiger charge is 2.37. The van der Waals surface area contributed by atoms with Gasteiger partial charge in [-0.1, -0.05) is 63.3 Å². The molecule has 1 nitrogen and oxygen atoms in total. The summed E-state index contributed by atoms with van der Waals surface area (Å²) in [6, 6.07) is 1.56. The standard InChI is InChI=1S/C10H21N.C3H8.3CH4/c1-6-11-9(4)7(2)8(3)10(11)5;1-3-2;;;/h7-10H,6H2,1-5H3;3H2,1-2H3;3*1H4/t7-,8+,9-,10+;;;;. The minimum atomic E-state index is 0. The second-order valence-electron chi connectivity index (χ2n) is 4.74. The van der Waals surface area contributed by atoms with Crippen molar-refractivity contribution in [1.29, 1.82) is 0 Å². The lowest BCUT2D eigenvalue weighted by molar-refractivity contribution is 0.209. The van der Waals surface area contributed by atoms with Crippen LogP contribution in [0.4, 0.5) is 0 Å². The number of hydrogen-bond acceptors (Lipinski definition) is 1. The molecule has 1 fully saturated rings. The van der Waals surface area contributed by atoms with Gasteiger partial charge in [0.15, 0.2) is 0 Å². The van der Waals surface area contributed by atoms with Gasteiger partial charge in [-0.15, -0.1) is 0 Å². The van der Waals surface area contributed by atoms with E-state index in [9.17, 15) is 0 Å². The summed E-state index contributed by atoms with van der Waals surface area (Å²) in [5.41, 5.74) is 0. The molecule has 0 spiro atoms. The Balaban J connectivity index is -0.000000128. The fraction of sp³-hybridized carbons (Fsp3) is 1.00. The molecular formula is C16H41N. The molecule has 0 amide bonds. The smallest absolute Gasteiger partial charge is 0.00984 e. The van der Waals surface area contributed by atoms with E-state index >= 15 is 0 Å². The second kappa shape index (κ2) is 12.4. The van der Waals surface area contributed by atoms with Gasteiger partial charge in [0.2, 0.25) is 0 Å². The van der Waals surface area contributed by atoms with Gasteiger partial charge in [0.1, 0.15) is 0 Å². The topological polar surface area (TPSA) is 3.24 Å². The summed E-state index contributed by atoms with van der Waals surface area (Å²) in [5, 5.41) is 0. The fourth-order valence-corrected chi connectivity index (χ4v) is 2.43. The Labute approximate surface area is 113 Å². The van der Waals surface area contributed by atoms with E-state index in [1.807, 2.05) is 0 Å². The molecule has 1 aliphatic rings. The van der Waals surface area contributed by atoms with Gasteiger partial charge in [-0.2, -0.15) is 0 Å². The Morgan fingerprint density at radius 1 is 0.706 bits per heavy atom. The van der Waals surface area contributed by atoms with Crippen LogP contribution in [-0.4, -0.2) is 23.5 Å². The highest BCUT2D eigenvalue weighted by Crippen LogP contribution is 2.33. The summed E-state index contributed by atoms with van der Waals surface area (Å²) in [5.74, 6) is 1.73. The van der Waals surface area contributed by atoms with Crippen molar-refractivity contribution in [2.24, 2.45) is 11.8 Å². The van der Waals surface area contributed by atoms with Crippen molar-refractivity contribution in [3.05, 3.63) is 0 Å². The van der Waals surface area contributed by atoms with Crippen LogP contribution >= 0.6 is 0 Å². The zero-order valence-corrected chi connectivity index (χ0v) is 11.2. The van der Waals surface area contributed by atoms with Crippen molar-refractivity contribution in [3.8, 4) is 0 Å². The molecule has 1 aliphatic heterocycles. The van der Waals surface area contributed by atoms with Crippen molar-refractivity contribution in [2.45, 2.75) is 89.3 Å². The van der Waals surface area contributed by atoms with E-state index in [1.54, 1.807) is 0 Å². The Hall–Kier alpha value is -0.0400. The van der Waals surface area contributed by atoms with Crippen molar-refractivity contribution >= 4 is 0 Å². The molecule has 0 bridgehead atoms. The summed E-state index contributed by atoms with van der Waals surface area (Å²) in [4.78, 5) is 2.61. The maximum atomic E-state index is 2.61. The van der Waals surface area contributed by atoms with Gasteiger partial charge >= 0.3 is 0 Å². The molecule has 1 heteroatoms. The van der Waals surface area contributed by atoms with Gasteiger partial charge in [0.05, 0.1) is 0 Å². The van der Waals surface area contributed by atoms with E-state index in [2.05, 4.69) is 53.4 Å². The lowest BCUT2D eigenvalue weighted by Crippen LogP contribution is -2.34. The average Bonchev–Trinajstić information content (AvgIpc) is 2.33. The van der Waals surface area contributed by atoms with E-state index in [0.29, 0.717) is 0 Å². The van der Waals surface area contributed by atoms with Crippen LogP contribution in [0.5, 0.6) is 0 Å². The molecule has 0 aromatic carbocycles. The molecule has 0 aromatic rings. The Kier molecular flexibility index (Phi) is 18.8. The van der Waals surface area contributed by atoms with Crippen LogP contribution in [0.15, 0.2) is 0 Å². The summed E-state index contributed by atoms with van der Waals surface area (Å²) in [7, 11) is 0. The Bertz CT molecular complexity index is 130. The second-order valence-corrected chi connectivity index (χ2v) is 4.74. The van der Waals surface area contributed by atoms with Gasteiger partial charge in [-0.25, -0.2) is 0 Å². The highest BCUT2D eigenvalue weighted by molar-refractivity contribution is 4.91. The summed E-state index contributed by atoms with van der Waals surface area (Å²) >= 11 is 0. The van der Waals surface area contributed by atoms with Gasteiger partial charge in [-0.3, -0.25) is 4.90 Å². The predicted molar refractivity (Wildman–Crippen MR) is 85.8 cm³/mol. The van der Waals surface area contributed by atoms with Crippen molar-refractivity contribution < 1.29 is 0 Å². The van der Waals surface area contributed by atoms with Crippen LogP contribution in [0, 0.1) is 11.8 Å². The van der Waals surface area contributed by atoms with E-state index in [-0.39, 0.29) is 22.3 Å². The molecular weight excluding hydrogens is 206 g/mol. The largest absolute Gasteiger partial charge is 0.298 e. The van der Waals surface area contributed by atoms with E-state index < -0.39 is 0 Å². The van der Waals surface area contributed by atoms with Crippen LogP contribution in [0.2, 0.25) is 0 Å². The molecule has 0 unspecified atom stereocenters. The number of nitrogens with zero attached hydrogens (tertiary/aromatic N) is 1. The van der Waals surface area contributed by atoms with E-state index in [0.717, 1.165) is 23.9 Å². The molecule has 4 atom stereocenters. The van der Waals surface area contributed by atoms with Crippen LogP contribution in [0.25, 0.3) is 0 Å². The van der Waals surface area contributed by atoms with Crippen molar-refractivity contribution in [2.75, 3.05) is 6.54 Å². The number of hydrogen-bond donors (Lipinski definition) is 0. The quantitative estimate of drug-likeness (QED) is 0.575. The first-order valence-electron chi connectivity index (χ1n) is 6.26. The maximum absolute atomic E-state index is 2.61. The molecule has 0 aromatic heterocycles. The van der Waals surface area contributed by atoms with Gasteiger partial charge in [0.25, 0.3) is 0 Å².